The predicted octanol–water partition coefficient (Wildman–Crippen LogP) is 5.54. The van der Waals surface area contributed by atoms with Crippen LogP contribution in [0.25, 0.3) is 0 Å². The number of carbonyl (C=O) groups excluding carboxylic acids is 1. The molecular formula is C15H11BrClFO2. The summed E-state index contributed by atoms with van der Waals surface area (Å²) >= 11 is 9.33. The fourth-order valence-corrected chi connectivity index (χ4v) is 2.48. The van der Waals surface area contributed by atoms with Gasteiger partial charge in [0, 0.05) is 5.56 Å². The maximum Gasteiger partial charge on any atom is 0.159 e. The van der Waals surface area contributed by atoms with Crippen molar-refractivity contribution < 1.29 is 13.9 Å². The van der Waals surface area contributed by atoms with E-state index in [9.17, 15) is 9.18 Å². The largest absolute Gasteiger partial charge is 0.454 e. The lowest BCUT2D eigenvalue weighted by molar-refractivity contribution is 0.101. The molecule has 0 N–H and O–H groups in total. The number of halogens is 3. The Hall–Kier alpha value is -1.39. The van der Waals surface area contributed by atoms with E-state index >= 15 is 0 Å². The van der Waals surface area contributed by atoms with Crippen LogP contribution >= 0.6 is 27.5 Å². The number of rotatable bonds is 3. The van der Waals surface area contributed by atoms with Gasteiger partial charge in [-0.3, -0.25) is 4.79 Å². The molecule has 2 aromatic rings. The van der Waals surface area contributed by atoms with Crippen molar-refractivity contribution >= 4 is 33.3 Å². The zero-order valence-corrected chi connectivity index (χ0v) is 13.2. The zero-order valence-electron chi connectivity index (χ0n) is 10.8. The number of ether oxygens (including phenoxy) is 1. The first kappa shape index (κ1) is 15.0. The van der Waals surface area contributed by atoms with Gasteiger partial charge in [-0.05, 0) is 65.7 Å². The molecule has 0 aliphatic carbocycles. The maximum absolute atomic E-state index is 13.2. The SMILES string of the molecule is CC(=O)c1ccc(Oc2c(C)cc(F)cc2Cl)c(Br)c1. The first-order chi connectivity index (χ1) is 9.38. The molecule has 0 aromatic heterocycles. The molecule has 0 radical (unpaired) electrons. The minimum atomic E-state index is -0.411. The van der Waals surface area contributed by atoms with Crippen LogP contribution in [0.15, 0.2) is 34.8 Å². The molecule has 2 aromatic carbocycles. The summed E-state index contributed by atoms with van der Waals surface area (Å²) in [5.74, 6) is 0.454. The highest BCUT2D eigenvalue weighted by Crippen LogP contribution is 2.36. The fourth-order valence-electron chi connectivity index (χ4n) is 1.73. The van der Waals surface area contributed by atoms with E-state index in [-0.39, 0.29) is 10.8 Å². The Kier molecular flexibility index (Phi) is 4.45. The average Bonchev–Trinajstić information content (AvgIpc) is 2.34. The second-order valence-electron chi connectivity index (χ2n) is 4.34. The smallest absolute Gasteiger partial charge is 0.159 e. The normalized spacial score (nSPS) is 10.4. The van der Waals surface area contributed by atoms with E-state index in [2.05, 4.69) is 15.9 Å². The van der Waals surface area contributed by atoms with E-state index in [1.165, 1.54) is 19.1 Å². The van der Waals surface area contributed by atoms with Crippen LogP contribution in [0.2, 0.25) is 5.02 Å². The third-order valence-corrected chi connectivity index (χ3v) is 3.64. The van der Waals surface area contributed by atoms with E-state index < -0.39 is 5.82 Å². The number of carbonyl (C=O) groups is 1. The summed E-state index contributed by atoms with van der Waals surface area (Å²) < 4.78 is 19.5. The molecule has 0 aliphatic heterocycles. The van der Waals surface area contributed by atoms with Gasteiger partial charge in [-0.1, -0.05) is 11.6 Å². The van der Waals surface area contributed by atoms with Crippen LogP contribution in [0.4, 0.5) is 4.39 Å². The fraction of sp³-hybridized carbons (Fsp3) is 0.133. The van der Waals surface area contributed by atoms with Crippen molar-refractivity contribution in [3.05, 3.63) is 56.8 Å². The molecule has 5 heteroatoms. The Labute approximate surface area is 129 Å². The van der Waals surface area contributed by atoms with Crippen molar-refractivity contribution in [3.8, 4) is 11.5 Å². The molecule has 0 saturated carbocycles. The van der Waals surface area contributed by atoms with E-state index in [1.807, 2.05) is 0 Å². The number of benzene rings is 2. The number of Topliss-reactive ketones (excluding diaryl/α,β-unsaturated/α-hetero) is 1. The second kappa shape index (κ2) is 5.94. The summed E-state index contributed by atoms with van der Waals surface area (Å²) in [5.41, 5.74) is 1.17. The highest BCUT2D eigenvalue weighted by Gasteiger charge is 2.12. The van der Waals surface area contributed by atoms with Gasteiger partial charge in [0.25, 0.3) is 0 Å². The molecule has 2 rings (SSSR count). The maximum atomic E-state index is 13.2. The van der Waals surface area contributed by atoms with E-state index in [4.69, 9.17) is 16.3 Å². The molecule has 104 valence electrons. The van der Waals surface area contributed by atoms with Gasteiger partial charge in [0.15, 0.2) is 5.78 Å². The summed E-state index contributed by atoms with van der Waals surface area (Å²) in [6.07, 6.45) is 0. The third-order valence-electron chi connectivity index (χ3n) is 2.74. The summed E-state index contributed by atoms with van der Waals surface area (Å²) in [5, 5.41) is 0.199. The van der Waals surface area contributed by atoms with Gasteiger partial charge in [-0.2, -0.15) is 0 Å². The van der Waals surface area contributed by atoms with Crippen molar-refractivity contribution in [2.45, 2.75) is 13.8 Å². The van der Waals surface area contributed by atoms with E-state index in [1.54, 1.807) is 25.1 Å². The van der Waals surface area contributed by atoms with Gasteiger partial charge in [0.1, 0.15) is 17.3 Å². The van der Waals surface area contributed by atoms with Gasteiger partial charge < -0.3 is 4.74 Å². The Morgan fingerprint density at radius 3 is 2.55 bits per heavy atom. The highest BCUT2D eigenvalue weighted by molar-refractivity contribution is 9.10. The molecule has 0 saturated heterocycles. The minimum Gasteiger partial charge on any atom is -0.454 e. The second-order valence-corrected chi connectivity index (χ2v) is 5.60. The minimum absolute atomic E-state index is 0.0340. The first-order valence-corrected chi connectivity index (χ1v) is 6.99. The van der Waals surface area contributed by atoms with Gasteiger partial charge in [0.05, 0.1) is 9.50 Å². The lowest BCUT2D eigenvalue weighted by atomic mass is 10.1. The average molecular weight is 358 g/mol. The van der Waals surface area contributed by atoms with Crippen molar-refractivity contribution in [2.24, 2.45) is 0 Å². The number of aryl methyl sites for hydroxylation is 1. The third kappa shape index (κ3) is 3.19. The molecule has 0 heterocycles. The van der Waals surface area contributed by atoms with Gasteiger partial charge in [0.2, 0.25) is 0 Å². The Bertz CT molecular complexity index is 663. The summed E-state index contributed by atoms with van der Waals surface area (Å²) in [6, 6.07) is 7.54. The summed E-state index contributed by atoms with van der Waals surface area (Å²) in [7, 11) is 0. The van der Waals surface area contributed by atoms with Crippen molar-refractivity contribution in [1.29, 1.82) is 0 Å². The highest BCUT2D eigenvalue weighted by atomic mass is 79.9. The summed E-state index contributed by atoms with van der Waals surface area (Å²) in [4.78, 5) is 11.3. The summed E-state index contributed by atoms with van der Waals surface area (Å²) in [6.45, 7) is 3.20. The molecule has 0 fully saturated rings. The van der Waals surface area contributed by atoms with E-state index in [0.29, 0.717) is 27.1 Å². The van der Waals surface area contributed by atoms with Crippen molar-refractivity contribution in [2.75, 3.05) is 0 Å². The van der Waals surface area contributed by atoms with Gasteiger partial charge >= 0.3 is 0 Å². The topological polar surface area (TPSA) is 26.3 Å². The van der Waals surface area contributed by atoms with Crippen molar-refractivity contribution in [1.82, 2.24) is 0 Å². The van der Waals surface area contributed by atoms with Gasteiger partial charge in [-0.15, -0.1) is 0 Å². The molecule has 0 amide bonds. The molecule has 20 heavy (non-hydrogen) atoms. The van der Waals surface area contributed by atoms with Crippen LogP contribution in [-0.2, 0) is 0 Å². The van der Waals surface area contributed by atoms with Crippen LogP contribution in [0.1, 0.15) is 22.8 Å². The quantitative estimate of drug-likeness (QED) is 0.674. The lowest BCUT2D eigenvalue weighted by Gasteiger charge is -2.12. The zero-order chi connectivity index (χ0) is 14.9. The molecule has 0 unspecified atom stereocenters. The lowest BCUT2D eigenvalue weighted by Crippen LogP contribution is -1.95. The molecule has 0 bridgehead atoms. The van der Waals surface area contributed by atoms with Crippen LogP contribution in [0, 0.1) is 12.7 Å². The van der Waals surface area contributed by atoms with Crippen LogP contribution < -0.4 is 4.74 Å². The van der Waals surface area contributed by atoms with Crippen LogP contribution in [-0.4, -0.2) is 5.78 Å². The Balaban J connectivity index is 2.38. The van der Waals surface area contributed by atoms with Gasteiger partial charge in [-0.25, -0.2) is 4.39 Å². The predicted molar refractivity (Wildman–Crippen MR) is 80.4 cm³/mol. The van der Waals surface area contributed by atoms with Crippen LogP contribution in [0.5, 0.6) is 11.5 Å². The van der Waals surface area contributed by atoms with Crippen molar-refractivity contribution in [3.63, 3.8) is 0 Å². The first-order valence-electron chi connectivity index (χ1n) is 5.82. The molecular weight excluding hydrogens is 347 g/mol. The molecule has 0 aliphatic rings. The monoisotopic (exact) mass is 356 g/mol. The van der Waals surface area contributed by atoms with Crippen LogP contribution in [0.3, 0.4) is 0 Å². The standard InChI is InChI=1S/C15H11BrClFO2/c1-8-5-11(18)7-13(17)15(8)20-14-4-3-10(9(2)19)6-12(14)16/h3-7H,1-2H3. The Morgan fingerprint density at radius 1 is 1.30 bits per heavy atom. The number of ketones is 1. The van der Waals surface area contributed by atoms with E-state index in [0.717, 1.165) is 0 Å². The molecule has 0 atom stereocenters. The molecule has 0 spiro atoms. The number of hydrogen-bond acceptors (Lipinski definition) is 2. The number of hydrogen-bond donors (Lipinski definition) is 0. The molecule has 2 nitrogen and oxygen atoms in total. The Morgan fingerprint density at radius 2 is 2.00 bits per heavy atom.